The molecule has 0 unspecified atom stereocenters. The highest BCUT2D eigenvalue weighted by Crippen LogP contribution is 2.39. The van der Waals surface area contributed by atoms with Crippen LogP contribution in [0.1, 0.15) is 44.1 Å². The minimum Gasteiger partial charge on any atom is -0.369 e. The van der Waals surface area contributed by atoms with Crippen molar-refractivity contribution in [3.05, 3.63) is 29.8 Å². The highest BCUT2D eigenvalue weighted by Gasteiger charge is 2.42. The molecule has 1 spiro atoms. The van der Waals surface area contributed by atoms with Gasteiger partial charge in [-0.05, 0) is 49.8 Å². The predicted octanol–water partition coefficient (Wildman–Crippen LogP) is 1.48. The van der Waals surface area contributed by atoms with Gasteiger partial charge in [0.1, 0.15) is 5.66 Å². The van der Waals surface area contributed by atoms with Gasteiger partial charge in [0.05, 0.1) is 0 Å². The van der Waals surface area contributed by atoms with Crippen LogP contribution in [0, 0.1) is 0 Å². The van der Waals surface area contributed by atoms with Crippen molar-refractivity contribution in [3.63, 3.8) is 0 Å². The van der Waals surface area contributed by atoms with E-state index in [9.17, 15) is 4.79 Å². The van der Waals surface area contributed by atoms with E-state index in [1.54, 1.807) is 7.05 Å². The number of nitrogens with one attached hydrogen (secondary N) is 1. The van der Waals surface area contributed by atoms with E-state index in [-0.39, 0.29) is 11.9 Å². The van der Waals surface area contributed by atoms with Crippen LogP contribution in [0.3, 0.4) is 0 Å². The molecule has 1 saturated carbocycles. The molecule has 7 heteroatoms. The number of rotatable bonds is 4. The zero-order valence-electron chi connectivity index (χ0n) is 14.7. The molecule has 1 aromatic carbocycles. The largest absolute Gasteiger partial charge is 0.369 e. The summed E-state index contributed by atoms with van der Waals surface area (Å²) < 4.78 is 0. The molecule has 0 aromatic heterocycles. The lowest BCUT2D eigenvalue weighted by atomic mass is 9.87. The quantitative estimate of drug-likeness (QED) is 0.770. The molecule has 1 aromatic rings. The number of amides is 1. The smallest absolute Gasteiger partial charge is 0.220 e. The van der Waals surface area contributed by atoms with E-state index in [2.05, 4.69) is 15.3 Å². The van der Waals surface area contributed by atoms with Gasteiger partial charge in [0.2, 0.25) is 17.8 Å². The van der Waals surface area contributed by atoms with Crippen LogP contribution in [-0.2, 0) is 11.2 Å². The molecule has 1 heterocycles. The second-order valence-electron chi connectivity index (χ2n) is 6.66. The normalized spacial score (nSPS) is 19.3. The Bertz CT molecular complexity index is 688. The Labute approximate surface area is 148 Å². The van der Waals surface area contributed by atoms with Gasteiger partial charge in [-0.25, -0.2) is 4.99 Å². The third kappa shape index (κ3) is 3.60. The lowest BCUT2D eigenvalue weighted by Gasteiger charge is -2.45. The summed E-state index contributed by atoms with van der Waals surface area (Å²) in [6, 6.07) is 8.11. The molecule has 134 valence electrons. The number of guanidine groups is 2. The zero-order chi connectivity index (χ0) is 17.9. The van der Waals surface area contributed by atoms with Crippen molar-refractivity contribution in [1.82, 2.24) is 5.32 Å². The highest BCUT2D eigenvalue weighted by molar-refractivity contribution is 6.05. The number of nitrogens with zero attached hydrogens (tertiary/aromatic N) is 3. The van der Waals surface area contributed by atoms with E-state index in [4.69, 9.17) is 11.5 Å². The summed E-state index contributed by atoms with van der Waals surface area (Å²) in [7, 11) is 1.65. The Morgan fingerprint density at radius 1 is 1.20 bits per heavy atom. The number of aliphatic imine (C=N–C) groups is 2. The molecule has 0 saturated heterocycles. The van der Waals surface area contributed by atoms with Crippen LogP contribution in [0.15, 0.2) is 34.3 Å². The van der Waals surface area contributed by atoms with Crippen molar-refractivity contribution in [2.75, 3.05) is 11.9 Å². The minimum absolute atomic E-state index is 0.0439. The van der Waals surface area contributed by atoms with Gasteiger partial charge in [0.15, 0.2) is 0 Å². The summed E-state index contributed by atoms with van der Waals surface area (Å²) in [4.78, 5) is 22.3. The lowest BCUT2D eigenvalue weighted by Crippen LogP contribution is -2.58. The SMILES string of the molecule is CNC(=O)CCc1ccc(N2C(N)=NC(N)=NC23CCCCC3)cc1. The number of carbonyl (C=O) groups excluding carboxylic acids is 1. The van der Waals surface area contributed by atoms with E-state index >= 15 is 0 Å². The molecular formula is C18H26N6O. The molecule has 7 nitrogen and oxygen atoms in total. The van der Waals surface area contributed by atoms with Crippen molar-refractivity contribution in [2.24, 2.45) is 21.5 Å². The van der Waals surface area contributed by atoms with Crippen LogP contribution in [0.5, 0.6) is 0 Å². The first kappa shape index (κ1) is 17.3. The zero-order valence-corrected chi connectivity index (χ0v) is 14.7. The van der Waals surface area contributed by atoms with Crippen molar-refractivity contribution < 1.29 is 4.79 Å². The van der Waals surface area contributed by atoms with Crippen LogP contribution < -0.4 is 21.7 Å². The first-order chi connectivity index (χ1) is 12.0. The van der Waals surface area contributed by atoms with Crippen LogP contribution in [0.25, 0.3) is 0 Å². The van der Waals surface area contributed by atoms with Crippen molar-refractivity contribution in [1.29, 1.82) is 0 Å². The first-order valence-electron chi connectivity index (χ1n) is 8.83. The van der Waals surface area contributed by atoms with Crippen molar-refractivity contribution in [2.45, 2.75) is 50.6 Å². The van der Waals surface area contributed by atoms with E-state index in [1.165, 1.54) is 6.42 Å². The maximum absolute atomic E-state index is 11.4. The number of benzene rings is 1. The molecule has 0 atom stereocenters. The number of hydrogen-bond donors (Lipinski definition) is 3. The van der Waals surface area contributed by atoms with Crippen LogP contribution in [0.2, 0.25) is 0 Å². The third-order valence-electron chi connectivity index (χ3n) is 4.97. The monoisotopic (exact) mass is 342 g/mol. The molecule has 2 aliphatic rings. The van der Waals surface area contributed by atoms with E-state index in [1.807, 2.05) is 29.2 Å². The summed E-state index contributed by atoms with van der Waals surface area (Å²) in [5, 5.41) is 2.64. The molecule has 0 bridgehead atoms. The average Bonchev–Trinajstić information content (AvgIpc) is 2.60. The summed E-state index contributed by atoms with van der Waals surface area (Å²) in [5.74, 6) is 0.702. The maximum Gasteiger partial charge on any atom is 0.220 e. The second-order valence-corrected chi connectivity index (χ2v) is 6.66. The summed E-state index contributed by atoms with van der Waals surface area (Å²) >= 11 is 0. The van der Waals surface area contributed by atoms with Gasteiger partial charge in [-0.2, -0.15) is 4.99 Å². The van der Waals surface area contributed by atoms with Crippen LogP contribution in [-0.4, -0.2) is 30.5 Å². The number of aryl methyl sites for hydroxylation is 1. The molecule has 1 amide bonds. The van der Waals surface area contributed by atoms with Crippen LogP contribution in [0.4, 0.5) is 5.69 Å². The maximum atomic E-state index is 11.4. The first-order valence-corrected chi connectivity index (χ1v) is 8.83. The number of hydrogen-bond acceptors (Lipinski definition) is 6. The Kier molecular flexibility index (Phi) is 4.92. The van der Waals surface area contributed by atoms with Gasteiger partial charge in [-0.3, -0.25) is 9.69 Å². The van der Waals surface area contributed by atoms with E-state index in [0.29, 0.717) is 18.8 Å². The van der Waals surface area contributed by atoms with Gasteiger partial charge in [-0.1, -0.05) is 18.6 Å². The fourth-order valence-electron chi connectivity index (χ4n) is 3.69. The van der Waals surface area contributed by atoms with Gasteiger partial charge in [0.25, 0.3) is 0 Å². The van der Waals surface area contributed by atoms with Gasteiger partial charge < -0.3 is 16.8 Å². The number of nitrogens with two attached hydrogens (primary N) is 2. The Morgan fingerprint density at radius 2 is 1.88 bits per heavy atom. The Balaban J connectivity index is 1.83. The standard InChI is InChI=1S/C18H26N6O/c1-21-15(25)10-7-13-5-8-14(9-6-13)24-17(20)22-16(19)23-18(24)11-3-2-4-12-18/h5-6,8-9H,2-4,7,10-12H2,1H3,(H,21,25)(H4,19,20,22,23). The number of carbonyl (C=O) groups is 1. The molecule has 25 heavy (non-hydrogen) atoms. The average molecular weight is 342 g/mol. The summed E-state index contributed by atoms with van der Waals surface area (Å²) in [6.45, 7) is 0. The van der Waals surface area contributed by atoms with E-state index in [0.717, 1.165) is 36.9 Å². The van der Waals surface area contributed by atoms with Gasteiger partial charge in [0, 0.05) is 19.2 Å². The Hall–Kier alpha value is -2.57. The lowest BCUT2D eigenvalue weighted by molar-refractivity contribution is -0.120. The molecular weight excluding hydrogens is 316 g/mol. The van der Waals surface area contributed by atoms with E-state index < -0.39 is 5.66 Å². The third-order valence-corrected chi connectivity index (χ3v) is 4.97. The molecule has 1 aliphatic heterocycles. The fourth-order valence-corrected chi connectivity index (χ4v) is 3.69. The van der Waals surface area contributed by atoms with Crippen molar-refractivity contribution in [3.8, 4) is 0 Å². The topological polar surface area (TPSA) is 109 Å². The predicted molar refractivity (Wildman–Crippen MR) is 100 cm³/mol. The van der Waals surface area contributed by atoms with Gasteiger partial charge in [-0.15, -0.1) is 0 Å². The molecule has 1 aliphatic carbocycles. The number of anilines is 1. The Morgan fingerprint density at radius 3 is 2.52 bits per heavy atom. The molecule has 0 radical (unpaired) electrons. The molecule has 3 rings (SSSR count). The summed E-state index contributed by atoms with van der Waals surface area (Å²) in [6.07, 6.45) is 6.44. The van der Waals surface area contributed by atoms with Gasteiger partial charge >= 0.3 is 0 Å². The highest BCUT2D eigenvalue weighted by atomic mass is 16.1. The summed E-state index contributed by atoms with van der Waals surface area (Å²) in [5.41, 5.74) is 13.8. The molecule has 5 N–H and O–H groups in total. The van der Waals surface area contributed by atoms with Crippen molar-refractivity contribution >= 4 is 23.5 Å². The van der Waals surface area contributed by atoms with Crippen LogP contribution >= 0.6 is 0 Å². The molecule has 1 fully saturated rings. The second kappa shape index (κ2) is 7.13. The fraction of sp³-hybridized carbons (Fsp3) is 0.500. The minimum atomic E-state index is -0.419.